The molecular formula is C24H32N8OS. The second-order valence-corrected chi connectivity index (χ2v) is 10.0. The molecule has 3 aromatic rings. The van der Waals surface area contributed by atoms with E-state index in [2.05, 4.69) is 30.5 Å². The van der Waals surface area contributed by atoms with Gasteiger partial charge in [-0.1, -0.05) is 6.07 Å². The Morgan fingerprint density at radius 3 is 2.74 bits per heavy atom. The Hall–Kier alpha value is -3.24. The van der Waals surface area contributed by atoms with Gasteiger partial charge in [-0.2, -0.15) is 0 Å². The summed E-state index contributed by atoms with van der Waals surface area (Å²) in [6.45, 7) is 7.45. The summed E-state index contributed by atoms with van der Waals surface area (Å²) in [6, 6.07) is 7.54. The second-order valence-electron chi connectivity index (χ2n) is 8.93. The average molecular weight is 481 g/mol. The number of pyridine rings is 2. The van der Waals surface area contributed by atoms with Crippen molar-refractivity contribution >= 4 is 34.4 Å². The molecule has 1 aliphatic heterocycles. The highest BCUT2D eigenvalue weighted by molar-refractivity contribution is 7.14. The minimum Gasteiger partial charge on any atom is -0.397 e. The van der Waals surface area contributed by atoms with E-state index in [4.69, 9.17) is 11.5 Å². The van der Waals surface area contributed by atoms with Crippen molar-refractivity contribution in [3.05, 3.63) is 47.2 Å². The maximum absolute atomic E-state index is 12.7. The zero-order chi connectivity index (χ0) is 24.1. The van der Waals surface area contributed by atoms with Gasteiger partial charge in [-0.15, -0.1) is 11.3 Å². The number of carbonyl (C=O) groups excluding carboxylic acids is 1. The summed E-state index contributed by atoms with van der Waals surface area (Å²) in [5, 5.41) is 7.12. The number of nitrogens with one attached hydrogen (secondary N) is 2. The number of nitrogens with two attached hydrogens (primary N) is 2. The molecule has 0 aromatic carbocycles. The van der Waals surface area contributed by atoms with Crippen LogP contribution in [0.2, 0.25) is 0 Å². The number of likely N-dealkylation sites (tertiary alicyclic amines) is 1. The molecule has 4 rings (SSSR count). The smallest absolute Gasteiger partial charge is 0.270 e. The quantitative estimate of drug-likeness (QED) is 0.386. The number of amides is 1. The average Bonchev–Trinajstić information content (AvgIpc) is 3.30. The van der Waals surface area contributed by atoms with Crippen LogP contribution in [0.25, 0.3) is 10.7 Å². The lowest BCUT2D eigenvalue weighted by atomic mass is 9.96. The minimum atomic E-state index is -0.229. The lowest BCUT2D eigenvalue weighted by molar-refractivity contribution is 0.0930. The summed E-state index contributed by atoms with van der Waals surface area (Å²) in [5.74, 6) is 0.653. The van der Waals surface area contributed by atoms with Crippen molar-refractivity contribution in [2.75, 3.05) is 36.4 Å². The zero-order valence-electron chi connectivity index (χ0n) is 19.6. The van der Waals surface area contributed by atoms with Gasteiger partial charge < -0.3 is 22.1 Å². The highest BCUT2D eigenvalue weighted by atomic mass is 32.1. The molecule has 0 radical (unpaired) electrons. The van der Waals surface area contributed by atoms with Gasteiger partial charge in [0.1, 0.15) is 10.7 Å². The summed E-state index contributed by atoms with van der Waals surface area (Å²) >= 11 is 1.70. The number of hydrogen-bond donors (Lipinski definition) is 4. The molecule has 0 spiro atoms. The van der Waals surface area contributed by atoms with Gasteiger partial charge in [0.15, 0.2) is 5.82 Å². The van der Waals surface area contributed by atoms with Crippen LogP contribution in [0.1, 0.15) is 42.1 Å². The highest BCUT2D eigenvalue weighted by Crippen LogP contribution is 2.27. The Kier molecular flexibility index (Phi) is 7.59. The fourth-order valence-electron chi connectivity index (χ4n) is 3.96. The largest absolute Gasteiger partial charge is 0.397 e. The molecule has 0 saturated carbocycles. The summed E-state index contributed by atoms with van der Waals surface area (Å²) in [4.78, 5) is 29.7. The van der Waals surface area contributed by atoms with E-state index < -0.39 is 0 Å². The van der Waals surface area contributed by atoms with E-state index in [1.54, 1.807) is 17.5 Å². The van der Waals surface area contributed by atoms with E-state index in [1.165, 1.54) is 10.9 Å². The van der Waals surface area contributed by atoms with Gasteiger partial charge in [0.05, 0.1) is 17.1 Å². The number of aromatic nitrogens is 3. The van der Waals surface area contributed by atoms with Gasteiger partial charge in [-0.05, 0) is 63.9 Å². The maximum Gasteiger partial charge on any atom is 0.270 e. The fourth-order valence-corrected chi connectivity index (χ4v) is 4.89. The molecular weight excluding hydrogens is 448 g/mol. The van der Waals surface area contributed by atoms with Gasteiger partial charge in [0.25, 0.3) is 5.91 Å². The summed E-state index contributed by atoms with van der Waals surface area (Å²) < 4.78 is 0. The molecule has 180 valence electrons. The normalized spacial score (nSPS) is 14.9. The number of hydrogen-bond acceptors (Lipinski definition) is 9. The third-order valence-corrected chi connectivity index (χ3v) is 6.83. The Morgan fingerprint density at radius 1 is 1.24 bits per heavy atom. The van der Waals surface area contributed by atoms with E-state index in [-0.39, 0.29) is 17.6 Å². The number of piperidine rings is 1. The molecule has 0 aliphatic carbocycles. The van der Waals surface area contributed by atoms with Crippen LogP contribution in [0.15, 0.2) is 36.7 Å². The van der Waals surface area contributed by atoms with Gasteiger partial charge in [0, 0.05) is 36.4 Å². The maximum atomic E-state index is 12.7. The Labute approximate surface area is 204 Å². The van der Waals surface area contributed by atoms with Crippen LogP contribution in [0.5, 0.6) is 0 Å². The third kappa shape index (κ3) is 6.00. The number of carbonyl (C=O) groups is 1. The third-order valence-electron chi connectivity index (χ3n) is 5.82. The molecule has 1 amide bonds. The molecule has 0 bridgehead atoms. The van der Waals surface area contributed by atoms with Gasteiger partial charge >= 0.3 is 0 Å². The number of thiazole rings is 1. The lowest BCUT2D eigenvalue weighted by Crippen LogP contribution is -2.38. The Balaban J connectivity index is 1.25. The molecule has 10 heteroatoms. The molecule has 34 heavy (non-hydrogen) atoms. The molecule has 1 aliphatic rings. The van der Waals surface area contributed by atoms with Crippen LogP contribution < -0.4 is 22.1 Å². The number of rotatable bonds is 8. The fraction of sp³-hybridized carbons (Fsp3) is 0.417. The number of nitrogen functional groups attached to an aromatic ring is 2. The molecule has 3 aromatic heterocycles. The van der Waals surface area contributed by atoms with Crippen molar-refractivity contribution in [1.82, 2.24) is 25.2 Å². The predicted octanol–water partition coefficient (Wildman–Crippen LogP) is 3.23. The Morgan fingerprint density at radius 2 is 2.03 bits per heavy atom. The van der Waals surface area contributed by atoms with Crippen LogP contribution in [0, 0.1) is 5.92 Å². The second kappa shape index (κ2) is 10.8. The molecule has 9 nitrogen and oxygen atoms in total. The van der Waals surface area contributed by atoms with E-state index >= 15 is 0 Å². The van der Waals surface area contributed by atoms with Crippen molar-refractivity contribution < 1.29 is 4.79 Å². The molecule has 0 atom stereocenters. The molecule has 4 heterocycles. The highest BCUT2D eigenvalue weighted by Gasteiger charge is 2.22. The summed E-state index contributed by atoms with van der Waals surface area (Å²) in [6.07, 6.45) is 5.81. The van der Waals surface area contributed by atoms with E-state index in [0.717, 1.165) is 43.2 Å². The SMILES string of the molecule is CC(C)Nc1nc(C(=O)NCC2CCN(Cc3cnc(-c4ccccn4)s3)CC2)cc(N)c1N. The first-order valence-corrected chi connectivity index (χ1v) is 12.4. The van der Waals surface area contributed by atoms with Gasteiger partial charge in [0.2, 0.25) is 0 Å². The molecule has 6 N–H and O–H groups in total. The lowest BCUT2D eigenvalue weighted by Gasteiger charge is -2.31. The van der Waals surface area contributed by atoms with Gasteiger partial charge in [-0.25, -0.2) is 9.97 Å². The van der Waals surface area contributed by atoms with E-state index in [1.807, 2.05) is 38.2 Å². The van der Waals surface area contributed by atoms with Gasteiger partial charge in [-0.3, -0.25) is 14.7 Å². The van der Waals surface area contributed by atoms with E-state index in [9.17, 15) is 4.79 Å². The molecule has 1 saturated heterocycles. The standard InChI is InChI=1S/C24H32N8OS/c1-15(2)30-22-21(26)18(25)11-20(31-22)23(33)28-12-16-6-9-32(10-7-16)14-17-13-29-24(34-17)19-5-3-4-8-27-19/h3-5,8,11,13,15-16H,6-7,9-10,12,14,26H2,1-2H3,(H,28,33)(H3,25,30,31). The van der Waals surface area contributed by atoms with Crippen LogP contribution in [0.4, 0.5) is 17.2 Å². The van der Waals surface area contributed by atoms with Crippen molar-refractivity contribution in [3.8, 4) is 10.7 Å². The topological polar surface area (TPSA) is 135 Å². The minimum absolute atomic E-state index is 0.129. The van der Waals surface area contributed by atoms with Crippen molar-refractivity contribution in [2.24, 2.45) is 5.92 Å². The molecule has 0 unspecified atom stereocenters. The van der Waals surface area contributed by atoms with Crippen LogP contribution in [-0.4, -0.2) is 51.4 Å². The summed E-state index contributed by atoms with van der Waals surface area (Å²) in [5.41, 5.74) is 13.9. The van der Waals surface area contributed by atoms with Crippen LogP contribution >= 0.6 is 11.3 Å². The predicted molar refractivity (Wildman–Crippen MR) is 137 cm³/mol. The first kappa shape index (κ1) is 23.9. The van der Waals surface area contributed by atoms with Crippen LogP contribution in [-0.2, 0) is 6.54 Å². The first-order valence-electron chi connectivity index (χ1n) is 11.6. The zero-order valence-corrected chi connectivity index (χ0v) is 20.4. The Bertz CT molecular complexity index is 1110. The summed E-state index contributed by atoms with van der Waals surface area (Å²) in [7, 11) is 0. The number of anilines is 3. The first-order chi connectivity index (χ1) is 16.4. The van der Waals surface area contributed by atoms with Crippen molar-refractivity contribution in [1.29, 1.82) is 0 Å². The number of nitrogens with zero attached hydrogens (tertiary/aromatic N) is 4. The molecule has 1 fully saturated rings. The monoisotopic (exact) mass is 480 g/mol. The van der Waals surface area contributed by atoms with E-state index in [0.29, 0.717) is 29.7 Å². The van der Waals surface area contributed by atoms with Crippen molar-refractivity contribution in [2.45, 2.75) is 39.3 Å². The van der Waals surface area contributed by atoms with Crippen LogP contribution in [0.3, 0.4) is 0 Å². The van der Waals surface area contributed by atoms with Crippen molar-refractivity contribution in [3.63, 3.8) is 0 Å².